The average Bonchev–Trinajstić information content (AvgIpc) is 2.91. The summed E-state index contributed by atoms with van der Waals surface area (Å²) in [6, 6.07) is -0.638. The molecule has 21 heavy (non-hydrogen) atoms. The van der Waals surface area contributed by atoms with Crippen molar-refractivity contribution in [2.45, 2.75) is 32.2 Å². The van der Waals surface area contributed by atoms with E-state index in [2.05, 4.69) is 22.2 Å². The van der Waals surface area contributed by atoms with Gasteiger partial charge >= 0.3 is 0 Å². The molecule has 0 bridgehead atoms. The number of nitrogens with two attached hydrogens (primary N) is 1. The summed E-state index contributed by atoms with van der Waals surface area (Å²) in [5.74, 6) is 0.307. The van der Waals surface area contributed by atoms with Crippen LogP contribution in [0.2, 0.25) is 0 Å². The van der Waals surface area contributed by atoms with Gasteiger partial charge in [0, 0.05) is 31.9 Å². The van der Waals surface area contributed by atoms with Crippen LogP contribution in [0.5, 0.6) is 0 Å². The molecule has 0 saturated carbocycles. The molecule has 0 aliphatic carbocycles. The summed E-state index contributed by atoms with van der Waals surface area (Å²) in [6.45, 7) is 6.26. The Morgan fingerprint density at radius 3 is 2.76 bits per heavy atom. The number of nitrogens with one attached hydrogen (secondary N) is 1. The van der Waals surface area contributed by atoms with E-state index in [1.54, 1.807) is 17.1 Å². The lowest BCUT2D eigenvalue weighted by Crippen LogP contribution is -2.40. The molecule has 1 fully saturated rings. The van der Waals surface area contributed by atoms with E-state index in [0.29, 0.717) is 12.5 Å². The molecule has 6 nitrogen and oxygen atoms in total. The number of hydrogen-bond acceptors (Lipinski definition) is 4. The third-order valence-electron chi connectivity index (χ3n) is 4.01. The van der Waals surface area contributed by atoms with Crippen LogP contribution in [-0.4, -0.2) is 46.8 Å². The largest absolute Gasteiger partial charge is 0.354 e. The van der Waals surface area contributed by atoms with Crippen LogP contribution in [0.25, 0.3) is 0 Å². The Hall–Kier alpha value is -1.40. The van der Waals surface area contributed by atoms with Gasteiger partial charge in [-0.1, -0.05) is 13.3 Å². The Morgan fingerprint density at radius 1 is 1.43 bits per heavy atom. The fourth-order valence-corrected chi connectivity index (χ4v) is 2.78. The molecular weight excluding hydrogens is 266 g/mol. The van der Waals surface area contributed by atoms with Gasteiger partial charge in [0.05, 0.1) is 6.20 Å². The van der Waals surface area contributed by atoms with Crippen molar-refractivity contribution in [3.63, 3.8) is 0 Å². The minimum absolute atomic E-state index is 0.131. The molecule has 3 N–H and O–H groups in total. The van der Waals surface area contributed by atoms with E-state index in [9.17, 15) is 4.79 Å². The first-order valence-corrected chi connectivity index (χ1v) is 7.80. The van der Waals surface area contributed by atoms with Crippen molar-refractivity contribution in [2.24, 2.45) is 18.7 Å². The predicted molar refractivity (Wildman–Crippen MR) is 82.6 cm³/mol. The summed E-state index contributed by atoms with van der Waals surface area (Å²) >= 11 is 0. The van der Waals surface area contributed by atoms with Crippen LogP contribution < -0.4 is 11.1 Å². The molecule has 6 heteroatoms. The molecule has 118 valence electrons. The van der Waals surface area contributed by atoms with Crippen molar-refractivity contribution in [3.05, 3.63) is 18.0 Å². The maximum atomic E-state index is 12.1. The second-order valence-corrected chi connectivity index (χ2v) is 6.14. The average molecular weight is 293 g/mol. The van der Waals surface area contributed by atoms with Crippen molar-refractivity contribution in [3.8, 4) is 0 Å². The van der Waals surface area contributed by atoms with Crippen molar-refractivity contribution in [2.75, 3.05) is 26.2 Å². The number of aromatic nitrogens is 2. The zero-order valence-corrected chi connectivity index (χ0v) is 13.1. The molecule has 0 radical (unpaired) electrons. The first-order chi connectivity index (χ1) is 10.1. The monoisotopic (exact) mass is 293 g/mol. The normalized spacial score (nSPS) is 19.2. The summed E-state index contributed by atoms with van der Waals surface area (Å²) in [6.07, 6.45) is 7.36. The highest BCUT2D eigenvalue weighted by atomic mass is 16.2. The Labute approximate surface area is 126 Å². The summed E-state index contributed by atoms with van der Waals surface area (Å²) < 4.78 is 1.65. The third kappa shape index (κ3) is 4.82. The van der Waals surface area contributed by atoms with Crippen molar-refractivity contribution < 1.29 is 4.79 Å². The number of amides is 1. The zero-order chi connectivity index (χ0) is 15.2. The molecular formula is C15H27N5O. The molecule has 1 aromatic heterocycles. The number of likely N-dealkylation sites (tertiary alicyclic amines) is 1. The Morgan fingerprint density at radius 2 is 2.14 bits per heavy atom. The number of piperidine rings is 1. The van der Waals surface area contributed by atoms with E-state index in [0.717, 1.165) is 12.1 Å². The molecule has 0 spiro atoms. The molecule has 2 rings (SSSR count). The number of carbonyl (C=O) groups is 1. The van der Waals surface area contributed by atoms with Gasteiger partial charge in [-0.15, -0.1) is 0 Å². The molecule has 2 atom stereocenters. The lowest BCUT2D eigenvalue weighted by Gasteiger charge is -2.29. The first-order valence-electron chi connectivity index (χ1n) is 7.80. The van der Waals surface area contributed by atoms with E-state index in [1.807, 2.05) is 7.05 Å². The van der Waals surface area contributed by atoms with Gasteiger partial charge in [-0.2, -0.15) is 5.10 Å². The van der Waals surface area contributed by atoms with E-state index < -0.39 is 6.04 Å². The molecule has 2 heterocycles. The second kappa shape index (κ2) is 7.56. The van der Waals surface area contributed by atoms with Gasteiger partial charge in [0.2, 0.25) is 5.91 Å². The van der Waals surface area contributed by atoms with Crippen LogP contribution in [-0.2, 0) is 11.8 Å². The van der Waals surface area contributed by atoms with E-state index in [4.69, 9.17) is 5.73 Å². The van der Waals surface area contributed by atoms with Crippen LogP contribution >= 0.6 is 0 Å². The summed E-state index contributed by atoms with van der Waals surface area (Å²) in [7, 11) is 1.81. The van der Waals surface area contributed by atoms with Gasteiger partial charge in [0.1, 0.15) is 6.04 Å². The molecule has 1 aromatic rings. The summed E-state index contributed by atoms with van der Waals surface area (Å²) in [4.78, 5) is 14.6. The number of carbonyl (C=O) groups excluding carboxylic acids is 1. The van der Waals surface area contributed by atoms with Gasteiger partial charge in [0.25, 0.3) is 0 Å². The van der Waals surface area contributed by atoms with E-state index in [-0.39, 0.29) is 5.91 Å². The quantitative estimate of drug-likeness (QED) is 0.808. The number of hydrogen-bond donors (Lipinski definition) is 2. The third-order valence-corrected chi connectivity index (χ3v) is 4.01. The topological polar surface area (TPSA) is 76.2 Å². The van der Waals surface area contributed by atoms with Crippen LogP contribution in [0.1, 0.15) is 37.8 Å². The highest BCUT2D eigenvalue weighted by Gasteiger charge is 2.19. The van der Waals surface area contributed by atoms with Crippen molar-refractivity contribution in [1.82, 2.24) is 20.0 Å². The molecule has 1 amide bonds. The lowest BCUT2D eigenvalue weighted by molar-refractivity contribution is -0.122. The van der Waals surface area contributed by atoms with Gasteiger partial charge in [-0.05, 0) is 31.8 Å². The maximum absolute atomic E-state index is 12.1. The molecule has 1 aliphatic heterocycles. The van der Waals surface area contributed by atoms with Crippen LogP contribution in [0.3, 0.4) is 0 Å². The molecule has 0 aromatic carbocycles. The van der Waals surface area contributed by atoms with Crippen LogP contribution in [0.15, 0.2) is 12.4 Å². The Balaban J connectivity index is 1.72. The standard InChI is InChI=1S/C15H27N5O/c1-12(10-20-6-4-3-5-7-20)8-17-15(21)14(16)13-9-18-19(2)11-13/h9,11-12,14H,3-8,10,16H2,1-2H3,(H,17,21). The van der Waals surface area contributed by atoms with Crippen LogP contribution in [0.4, 0.5) is 0 Å². The minimum atomic E-state index is -0.638. The predicted octanol–water partition coefficient (Wildman–Crippen LogP) is 0.658. The molecule has 2 unspecified atom stereocenters. The Kier molecular flexibility index (Phi) is 5.76. The van der Waals surface area contributed by atoms with E-state index in [1.165, 1.54) is 32.4 Å². The number of nitrogens with zero attached hydrogens (tertiary/aromatic N) is 3. The number of aryl methyl sites for hydroxylation is 1. The summed E-state index contributed by atoms with van der Waals surface area (Å²) in [5, 5.41) is 6.99. The van der Waals surface area contributed by atoms with Crippen molar-refractivity contribution in [1.29, 1.82) is 0 Å². The first kappa shape index (κ1) is 16.0. The Bertz CT molecular complexity index is 453. The van der Waals surface area contributed by atoms with E-state index >= 15 is 0 Å². The van der Waals surface area contributed by atoms with Gasteiger partial charge in [-0.3, -0.25) is 9.48 Å². The van der Waals surface area contributed by atoms with Gasteiger partial charge < -0.3 is 16.0 Å². The molecule has 1 saturated heterocycles. The maximum Gasteiger partial charge on any atom is 0.241 e. The number of rotatable bonds is 6. The zero-order valence-electron chi connectivity index (χ0n) is 13.1. The highest BCUT2D eigenvalue weighted by molar-refractivity contribution is 5.82. The lowest BCUT2D eigenvalue weighted by atomic mass is 10.1. The SMILES string of the molecule is CC(CNC(=O)C(N)c1cnn(C)c1)CN1CCCCC1. The fraction of sp³-hybridized carbons (Fsp3) is 0.733. The van der Waals surface area contributed by atoms with Crippen LogP contribution in [0, 0.1) is 5.92 Å². The minimum Gasteiger partial charge on any atom is -0.354 e. The second-order valence-electron chi connectivity index (χ2n) is 6.14. The van der Waals surface area contributed by atoms with Crippen molar-refractivity contribution >= 4 is 5.91 Å². The highest BCUT2D eigenvalue weighted by Crippen LogP contribution is 2.11. The molecule has 1 aliphatic rings. The van der Waals surface area contributed by atoms with Gasteiger partial charge in [-0.25, -0.2) is 0 Å². The van der Waals surface area contributed by atoms with Gasteiger partial charge in [0.15, 0.2) is 0 Å². The summed E-state index contributed by atoms with van der Waals surface area (Å²) in [5.41, 5.74) is 6.70. The smallest absolute Gasteiger partial charge is 0.241 e. The fourth-order valence-electron chi connectivity index (χ4n) is 2.78.